The van der Waals surface area contributed by atoms with Crippen molar-refractivity contribution in [1.29, 1.82) is 0 Å². The van der Waals surface area contributed by atoms with Gasteiger partial charge < -0.3 is 0 Å². The SMILES string of the molecule is Cc1ccc(S(=O)(=O)N2C(CCCNS(C)(=O)=O)CCC2c2ccc(F)cc2)cc1. The molecule has 30 heavy (non-hydrogen) atoms. The average Bonchev–Trinajstić information content (AvgIpc) is 3.10. The summed E-state index contributed by atoms with van der Waals surface area (Å²) in [5.41, 5.74) is 1.72. The van der Waals surface area contributed by atoms with Crippen LogP contribution in [0.15, 0.2) is 53.4 Å². The predicted octanol–water partition coefficient (Wildman–Crippen LogP) is 3.36. The molecule has 1 aliphatic heterocycles. The molecule has 9 heteroatoms. The maximum atomic E-state index is 13.5. The summed E-state index contributed by atoms with van der Waals surface area (Å²) in [4.78, 5) is 0.223. The first-order valence-electron chi connectivity index (χ1n) is 9.88. The van der Waals surface area contributed by atoms with Gasteiger partial charge in [0.25, 0.3) is 0 Å². The van der Waals surface area contributed by atoms with E-state index in [9.17, 15) is 21.2 Å². The lowest BCUT2D eigenvalue weighted by molar-refractivity contribution is 0.309. The van der Waals surface area contributed by atoms with Crippen LogP contribution in [0.4, 0.5) is 4.39 Å². The fraction of sp³-hybridized carbons (Fsp3) is 0.429. The summed E-state index contributed by atoms with van der Waals surface area (Å²) in [6, 6.07) is 12.0. The molecular formula is C21H27FN2O4S2. The van der Waals surface area contributed by atoms with Crippen LogP contribution < -0.4 is 4.72 Å². The van der Waals surface area contributed by atoms with Crippen LogP contribution in [0.1, 0.15) is 42.9 Å². The van der Waals surface area contributed by atoms with Gasteiger partial charge in [0.2, 0.25) is 20.0 Å². The van der Waals surface area contributed by atoms with Crippen molar-refractivity contribution >= 4 is 20.0 Å². The third kappa shape index (κ3) is 5.46. The molecule has 164 valence electrons. The number of rotatable bonds is 8. The summed E-state index contributed by atoms with van der Waals surface area (Å²) in [6.45, 7) is 2.15. The Bertz CT molecular complexity index is 1070. The molecule has 3 rings (SSSR count). The summed E-state index contributed by atoms with van der Waals surface area (Å²) >= 11 is 0. The number of sulfonamides is 2. The van der Waals surface area contributed by atoms with Crippen LogP contribution in [0, 0.1) is 12.7 Å². The van der Waals surface area contributed by atoms with E-state index in [1.165, 1.54) is 16.4 Å². The minimum Gasteiger partial charge on any atom is -0.215 e. The first kappa shape index (κ1) is 22.9. The molecule has 0 radical (unpaired) electrons. The Morgan fingerprint density at radius 1 is 1.00 bits per heavy atom. The number of nitrogens with one attached hydrogen (secondary N) is 1. The molecule has 2 aromatic rings. The van der Waals surface area contributed by atoms with Crippen molar-refractivity contribution in [2.75, 3.05) is 12.8 Å². The highest BCUT2D eigenvalue weighted by Crippen LogP contribution is 2.42. The van der Waals surface area contributed by atoms with Crippen molar-refractivity contribution in [3.05, 3.63) is 65.5 Å². The van der Waals surface area contributed by atoms with Crippen LogP contribution in [0.3, 0.4) is 0 Å². The lowest BCUT2D eigenvalue weighted by Gasteiger charge is -2.30. The van der Waals surface area contributed by atoms with Gasteiger partial charge >= 0.3 is 0 Å². The van der Waals surface area contributed by atoms with Crippen molar-refractivity contribution in [2.45, 2.75) is 49.6 Å². The van der Waals surface area contributed by atoms with Crippen molar-refractivity contribution in [3.8, 4) is 0 Å². The Balaban J connectivity index is 1.88. The number of hydrogen-bond donors (Lipinski definition) is 1. The number of nitrogens with zero attached hydrogens (tertiary/aromatic N) is 1. The van der Waals surface area contributed by atoms with E-state index in [2.05, 4.69) is 4.72 Å². The molecular weight excluding hydrogens is 427 g/mol. The monoisotopic (exact) mass is 454 g/mol. The van der Waals surface area contributed by atoms with E-state index in [1.807, 2.05) is 6.92 Å². The Morgan fingerprint density at radius 2 is 1.63 bits per heavy atom. The smallest absolute Gasteiger partial charge is 0.215 e. The number of benzene rings is 2. The topological polar surface area (TPSA) is 83.6 Å². The van der Waals surface area contributed by atoms with Gasteiger partial charge in [-0.2, -0.15) is 4.31 Å². The van der Waals surface area contributed by atoms with E-state index in [0.717, 1.165) is 17.4 Å². The van der Waals surface area contributed by atoms with Gasteiger partial charge in [0, 0.05) is 12.6 Å². The molecule has 1 saturated heterocycles. The second-order valence-electron chi connectivity index (χ2n) is 7.76. The van der Waals surface area contributed by atoms with E-state index >= 15 is 0 Å². The van der Waals surface area contributed by atoms with Gasteiger partial charge in [0.1, 0.15) is 5.82 Å². The largest absolute Gasteiger partial charge is 0.243 e. The van der Waals surface area contributed by atoms with Gasteiger partial charge in [0.05, 0.1) is 17.2 Å². The van der Waals surface area contributed by atoms with Crippen LogP contribution in [-0.4, -0.2) is 40.0 Å². The molecule has 0 spiro atoms. The molecule has 2 atom stereocenters. The molecule has 0 bridgehead atoms. The van der Waals surface area contributed by atoms with Gasteiger partial charge in [0.15, 0.2) is 0 Å². The first-order valence-corrected chi connectivity index (χ1v) is 13.2. The molecule has 0 amide bonds. The summed E-state index contributed by atoms with van der Waals surface area (Å²) in [5.74, 6) is -0.368. The molecule has 1 N–H and O–H groups in total. The zero-order chi connectivity index (χ0) is 21.9. The Morgan fingerprint density at radius 3 is 2.23 bits per heavy atom. The standard InChI is InChI=1S/C21H27FN2O4S2/c1-16-5-12-20(13-6-16)30(27,28)24-19(4-3-15-23-29(2,25)26)11-14-21(24)17-7-9-18(22)10-8-17/h5-10,12-13,19,21,23H,3-4,11,14-15H2,1-2H3. The summed E-state index contributed by atoms with van der Waals surface area (Å²) in [5, 5.41) is 0. The van der Waals surface area contributed by atoms with Crippen LogP contribution >= 0.6 is 0 Å². The summed E-state index contributed by atoms with van der Waals surface area (Å²) in [6.07, 6.45) is 3.44. The predicted molar refractivity (Wildman–Crippen MR) is 114 cm³/mol. The molecule has 1 aliphatic rings. The molecule has 1 heterocycles. The van der Waals surface area contributed by atoms with Gasteiger partial charge in [-0.3, -0.25) is 0 Å². The molecule has 1 fully saturated rings. The Kier molecular flexibility index (Phi) is 6.96. The van der Waals surface area contributed by atoms with E-state index in [0.29, 0.717) is 25.7 Å². The normalized spacial score (nSPS) is 20.5. The Labute approximate surface area is 178 Å². The maximum Gasteiger partial charge on any atom is 0.243 e. The lowest BCUT2D eigenvalue weighted by atomic mass is 10.1. The summed E-state index contributed by atoms with van der Waals surface area (Å²) < 4.78 is 67.0. The van der Waals surface area contributed by atoms with E-state index < -0.39 is 20.0 Å². The zero-order valence-corrected chi connectivity index (χ0v) is 18.7. The van der Waals surface area contributed by atoms with Crippen LogP contribution in [0.25, 0.3) is 0 Å². The molecule has 6 nitrogen and oxygen atoms in total. The third-order valence-corrected chi connectivity index (χ3v) is 8.07. The zero-order valence-electron chi connectivity index (χ0n) is 17.1. The van der Waals surface area contributed by atoms with Gasteiger partial charge in [-0.25, -0.2) is 25.9 Å². The lowest BCUT2D eigenvalue weighted by Crippen LogP contribution is -2.38. The minimum absolute atomic E-state index is 0.223. The minimum atomic E-state index is -3.78. The fourth-order valence-corrected chi connectivity index (χ4v) is 6.32. The molecule has 2 unspecified atom stereocenters. The van der Waals surface area contributed by atoms with E-state index in [4.69, 9.17) is 0 Å². The molecule has 0 aromatic heterocycles. The first-order chi connectivity index (χ1) is 14.1. The second kappa shape index (κ2) is 9.13. The summed E-state index contributed by atoms with van der Waals surface area (Å²) in [7, 11) is -7.06. The number of hydrogen-bond acceptors (Lipinski definition) is 4. The average molecular weight is 455 g/mol. The maximum absolute atomic E-state index is 13.5. The van der Waals surface area contributed by atoms with Gasteiger partial charge in [-0.15, -0.1) is 0 Å². The van der Waals surface area contributed by atoms with Crippen molar-refractivity contribution < 1.29 is 21.2 Å². The van der Waals surface area contributed by atoms with E-state index in [-0.39, 0.29) is 29.3 Å². The second-order valence-corrected chi connectivity index (χ2v) is 11.4. The quantitative estimate of drug-likeness (QED) is 0.620. The highest BCUT2D eigenvalue weighted by atomic mass is 32.2. The number of aryl methyl sites for hydroxylation is 1. The molecule has 2 aromatic carbocycles. The third-order valence-electron chi connectivity index (χ3n) is 5.37. The highest BCUT2D eigenvalue weighted by molar-refractivity contribution is 7.89. The van der Waals surface area contributed by atoms with Crippen molar-refractivity contribution in [2.24, 2.45) is 0 Å². The molecule has 0 aliphatic carbocycles. The molecule has 0 saturated carbocycles. The van der Waals surface area contributed by atoms with Crippen LogP contribution in [0.5, 0.6) is 0 Å². The fourth-order valence-electron chi connectivity index (χ4n) is 3.92. The van der Waals surface area contributed by atoms with E-state index in [1.54, 1.807) is 36.4 Å². The van der Waals surface area contributed by atoms with Crippen LogP contribution in [-0.2, 0) is 20.0 Å². The van der Waals surface area contributed by atoms with Gasteiger partial charge in [-0.05, 0) is 62.4 Å². The number of halogens is 1. The van der Waals surface area contributed by atoms with Crippen LogP contribution in [0.2, 0.25) is 0 Å². The highest BCUT2D eigenvalue weighted by Gasteiger charge is 2.42. The van der Waals surface area contributed by atoms with Gasteiger partial charge in [-0.1, -0.05) is 29.8 Å². The van der Waals surface area contributed by atoms with Crippen molar-refractivity contribution in [1.82, 2.24) is 9.03 Å². The van der Waals surface area contributed by atoms with Crippen molar-refractivity contribution in [3.63, 3.8) is 0 Å². The Hall–Kier alpha value is -1.81.